The highest BCUT2D eigenvalue weighted by Gasteiger charge is 2.42. The average Bonchev–Trinajstić information content (AvgIpc) is 3.87. The van der Waals surface area contributed by atoms with Crippen molar-refractivity contribution < 1.29 is 19.1 Å². The number of likely N-dealkylation sites (N-methyl/N-ethyl adjacent to an activating group) is 1. The second kappa shape index (κ2) is 14.5. The van der Waals surface area contributed by atoms with Crippen molar-refractivity contribution in [2.24, 2.45) is 17.6 Å². The van der Waals surface area contributed by atoms with Crippen LogP contribution in [0.4, 0.5) is 10.5 Å². The molecule has 0 bridgehead atoms. The van der Waals surface area contributed by atoms with Crippen LogP contribution in [0.2, 0.25) is 0 Å². The van der Waals surface area contributed by atoms with Crippen LogP contribution in [-0.2, 0) is 30.9 Å². The monoisotopic (exact) mass is 675 g/mol. The second-order valence-corrected chi connectivity index (χ2v) is 13.8. The highest BCUT2D eigenvalue weighted by molar-refractivity contribution is 5.94. The van der Waals surface area contributed by atoms with Crippen LogP contribution < -0.4 is 11.1 Å². The molecular formula is C39H45N7O4. The highest BCUT2D eigenvalue weighted by Crippen LogP contribution is 2.39. The normalized spacial score (nSPS) is 20.0. The Balaban J connectivity index is 0.837. The number of nitrogens with two attached hydrogens (primary N) is 1. The van der Waals surface area contributed by atoms with Crippen LogP contribution in [-0.4, -0.2) is 81.5 Å². The van der Waals surface area contributed by atoms with Gasteiger partial charge in [-0.2, -0.15) is 0 Å². The number of hydrogen-bond acceptors (Lipinski definition) is 7. The summed E-state index contributed by atoms with van der Waals surface area (Å²) >= 11 is 0. The molecule has 3 N–H and O–H groups in total. The van der Waals surface area contributed by atoms with Gasteiger partial charge in [-0.25, -0.2) is 9.78 Å². The molecule has 2 fully saturated rings. The first-order valence-electron chi connectivity index (χ1n) is 17.5. The van der Waals surface area contributed by atoms with Crippen molar-refractivity contribution >= 4 is 23.6 Å². The van der Waals surface area contributed by atoms with Gasteiger partial charge in [0.05, 0.1) is 17.1 Å². The van der Waals surface area contributed by atoms with Gasteiger partial charge in [-0.05, 0) is 60.9 Å². The largest absolute Gasteiger partial charge is 0.446 e. The smallest absolute Gasteiger partial charge is 0.411 e. The van der Waals surface area contributed by atoms with Crippen molar-refractivity contribution in [1.82, 2.24) is 24.3 Å². The number of aromatic nitrogens is 2. The van der Waals surface area contributed by atoms with E-state index in [-0.39, 0.29) is 12.0 Å². The number of imidazole rings is 1. The van der Waals surface area contributed by atoms with Gasteiger partial charge in [-0.1, -0.05) is 60.7 Å². The third kappa shape index (κ3) is 7.15. The number of hydrogen-bond donors (Lipinski definition) is 2. The van der Waals surface area contributed by atoms with Gasteiger partial charge in [-0.15, -0.1) is 0 Å². The number of ether oxygens (including phenoxy) is 1. The molecule has 3 aromatic carbocycles. The third-order valence-electron chi connectivity index (χ3n) is 10.4. The van der Waals surface area contributed by atoms with Gasteiger partial charge in [-0.3, -0.25) is 19.8 Å². The predicted octanol–water partition coefficient (Wildman–Crippen LogP) is 5.22. The Morgan fingerprint density at radius 1 is 0.920 bits per heavy atom. The molecule has 1 saturated heterocycles. The van der Waals surface area contributed by atoms with Crippen LogP contribution >= 0.6 is 0 Å². The Kier molecular flexibility index (Phi) is 9.69. The number of nitrogens with zero attached hydrogens (tertiary/aromatic N) is 5. The molecule has 50 heavy (non-hydrogen) atoms. The zero-order valence-corrected chi connectivity index (χ0v) is 28.8. The first-order chi connectivity index (χ1) is 24.2. The van der Waals surface area contributed by atoms with E-state index in [2.05, 4.69) is 20.1 Å². The number of nitrogens with one attached hydrogen (secondary N) is 1. The van der Waals surface area contributed by atoms with E-state index in [1.54, 1.807) is 4.90 Å². The molecular weight excluding hydrogens is 630 g/mol. The van der Waals surface area contributed by atoms with Crippen molar-refractivity contribution in [1.29, 1.82) is 0 Å². The molecule has 0 spiro atoms. The summed E-state index contributed by atoms with van der Waals surface area (Å²) in [7, 11) is 1.86. The van der Waals surface area contributed by atoms with E-state index in [4.69, 9.17) is 10.5 Å². The second-order valence-electron chi connectivity index (χ2n) is 13.8. The molecule has 1 aliphatic carbocycles. The maximum Gasteiger partial charge on any atom is 0.411 e. The summed E-state index contributed by atoms with van der Waals surface area (Å²) < 4.78 is 7.80. The summed E-state index contributed by atoms with van der Waals surface area (Å²) in [6, 6.07) is 25.6. The number of carbonyl (C=O) groups is 3. The predicted molar refractivity (Wildman–Crippen MR) is 191 cm³/mol. The standard InChI is InChI=1S/C39H45N7O4/c1-3-46-35-25-45(24-34(35)41-37(46)36(40)47)21-26-13-15-28(16-14-26)38(48)43(2)17-18-44-22-29-19-31(20-30(29)23-44)50-39(49)42-33-12-8-7-11-32(33)27-9-5-4-6-10-27/h4-16,29-31H,3,17-25H2,1-2H3,(H2,40,47)(H,42,49). The molecule has 2 aliphatic heterocycles. The third-order valence-corrected chi connectivity index (χ3v) is 10.4. The lowest BCUT2D eigenvalue weighted by Crippen LogP contribution is -2.36. The van der Waals surface area contributed by atoms with E-state index in [0.717, 1.165) is 72.8 Å². The molecule has 1 saturated carbocycles. The topological polar surface area (TPSA) is 126 Å². The maximum absolute atomic E-state index is 13.2. The molecule has 2 unspecified atom stereocenters. The number of primary amides is 1. The zero-order valence-electron chi connectivity index (χ0n) is 28.8. The van der Waals surface area contributed by atoms with Gasteiger partial charge in [0, 0.05) is 70.5 Å². The summed E-state index contributed by atoms with van der Waals surface area (Å²) in [6.45, 7) is 8.12. The van der Waals surface area contributed by atoms with E-state index in [1.807, 2.05) is 97.4 Å². The van der Waals surface area contributed by atoms with Crippen LogP contribution in [0.15, 0.2) is 78.9 Å². The lowest BCUT2D eigenvalue weighted by molar-refractivity contribution is 0.0778. The minimum atomic E-state index is -0.495. The number of anilines is 1. The fraction of sp³-hybridized carbons (Fsp3) is 0.385. The Hall–Kier alpha value is -5.00. The average molecular weight is 676 g/mol. The summed E-state index contributed by atoms with van der Waals surface area (Å²) in [6.07, 6.45) is 1.24. The lowest BCUT2D eigenvalue weighted by atomic mass is 10.0. The summed E-state index contributed by atoms with van der Waals surface area (Å²) in [4.78, 5) is 48.9. The van der Waals surface area contributed by atoms with Crippen LogP contribution in [0.1, 0.15) is 57.7 Å². The number of likely N-dealkylation sites (tertiary alicyclic amines) is 1. The summed E-state index contributed by atoms with van der Waals surface area (Å²) in [5, 5.41) is 2.97. The van der Waals surface area contributed by atoms with E-state index < -0.39 is 12.0 Å². The number of rotatable bonds is 11. The summed E-state index contributed by atoms with van der Waals surface area (Å²) in [5.41, 5.74) is 12.0. The maximum atomic E-state index is 13.2. The molecule has 3 aliphatic rings. The molecule has 7 rings (SSSR count). The van der Waals surface area contributed by atoms with Gasteiger partial charge in [0.25, 0.3) is 11.8 Å². The molecule has 0 radical (unpaired) electrons. The molecule has 1 aromatic heterocycles. The molecule has 11 heteroatoms. The van der Waals surface area contributed by atoms with E-state index >= 15 is 0 Å². The number of fused-ring (bicyclic) bond motifs is 2. The molecule has 4 aromatic rings. The van der Waals surface area contributed by atoms with Gasteiger partial charge >= 0.3 is 6.09 Å². The van der Waals surface area contributed by atoms with Crippen molar-refractivity contribution in [2.75, 3.05) is 38.5 Å². The van der Waals surface area contributed by atoms with Gasteiger partial charge < -0.3 is 24.8 Å². The first kappa shape index (κ1) is 33.5. The number of carbonyl (C=O) groups excluding carboxylic acids is 3. The number of para-hydroxylation sites is 1. The van der Waals surface area contributed by atoms with Gasteiger partial charge in [0.1, 0.15) is 6.10 Å². The fourth-order valence-electron chi connectivity index (χ4n) is 7.96. The van der Waals surface area contributed by atoms with E-state index in [1.165, 1.54) is 0 Å². The molecule has 2 atom stereocenters. The van der Waals surface area contributed by atoms with E-state index in [9.17, 15) is 14.4 Å². The van der Waals surface area contributed by atoms with E-state index in [0.29, 0.717) is 49.4 Å². The molecule has 3 amide bonds. The van der Waals surface area contributed by atoms with Crippen LogP contribution in [0.5, 0.6) is 0 Å². The van der Waals surface area contributed by atoms with Crippen molar-refractivity contribution in [3.63, 3.8) is 0 Å². The van der Waals surface area contributed by atoms with Crippen LogP contribution in [0, 0.1) is 11.8 Å². The van der Waals surface area contributed by atoms with Crippen LogP contribution in [0.3, 0.4) is 0 Å². The number of amides is 3. The quantitative estimate of drug-likeness (QED) is 0.224. The molecule has 3 heterocycles. The SMILES string of the molecule is CCn1c(C(N)=O)nc2c1CN(Cc1ccc(C(=O)N(C)CCN3CC4CC(OC(=O)Nc5ccccc5-c5ccccc5)CC4C3)cc1)C2. The van der Waals surface area contributed by atoms with Gasteiger partial charge in [0.2, 0.25) is 0 Å². The fourth-order valence-corrected chi connectivity index (χ4v) is 7.96. The first-order valence-corrected chi connectivity index (χ1v) is 17.5. The Morgan fingerprint density at radius 3 is 2.32 bits per heavy atom. The van der Waals surface area contributed by atoms with Gasteiger partial charge in [0.15, 0.2) is 5.82 Å². The Bertz CT molecular complexity index is 1840. The van der Waals surface area contributed by atoms with Crippen molar-refractivity contribution in [3.05, 3.63) is 107 Å². The Morgan fingerprint density at radius 2 is 1.62 bits per heavy atom. The van der Waals surface area contributed by atoms with Crippen molar-refractivity contribution in [2.45, 2.75) is 52.0 Å². The minimum absolute atomic E-state index is 0.0120. The summed E-state index contributed by atoms with van der Waals surface area (Å²) in [5.74, 6) is 0.834. The Labute approximate surface area is 293 Å². The van der Waals surface area contributed by atoms with Crippen molar-refractivity contribution in [3.8, 4) is 11.1 Å². The minimum Gasteiger partial charge on any atom is -0.446 e. The highest BCUT2D eigenvalue weighted by atomic mass is 16.6. The lowest BCUT2D eigenvalue weighted by Gasteiger charge is -2.23. The molecule has 260 valence electrons. The molecule has 11 nitrogen and oxygen atoms in total. The van der Waals surface area contributed by atoms with Crippen LogP contribution in [0.25, 0.3) is 11.1 Å². The number of benzene rings is 3. The zero-order chi connectivity index (χ0) is 34.8.